The minimum atomic E-state index is 0.177. The summed E-state index contributed by atoms with van der Waals surface area (Å²) in [7, 11) is 2.24. The first-order valence-corrected chi connectivity index (χ1v) is 6.34. The zero-order chi connectivity index (χ0) is 10.9. The largest absolute Gasteiger partial charge is 0.324 e. The second-order valence-corrected chi connectivity index (χ2v) is 5.51. The average Bonchev–Trinajstić information content (AvgIpc) is 2.93. The van der Waals surface area contributed by atoms with Gasteiger partial charge in [-0.05, 0) is 45.8 Å². The fourth-order valence-corrected chi connectivity index (χ4v) is 2.61. The van der Waals surface area contributed by atoms with Gasteiger partial charge in [-0.1, -0.05) is 6.92 Å². The minimum Gasteiger partial charge on any atom is -0.324 e. The molecule has 0 amide bonds. The Labute approximate surface area is 93.6 Å². The topological polar surface area (TPSA) is 32.5 Å². The van der Waals surface area contributed by atoms with Crippen molar-refractivity contribution in [3.63, 3.8) is 0 Å². The van der Waals surface area contributed by atoms with E-state index >= 15 is 0 Å². The van der Waals surface area contributed by atoms with E-state index in [1.807, 2.05) is 0 Å². The van der Waals surface area contributed by atoms with Gasteiger partial charge in [0, 0.05) is 24.7 Å². The Morgan fingerprint density at radius 1 is 1.33 bits per heavy atom. The molecule has 3 nitrogen and oxygen atoms in total. The predicted octanol–water partition coefficient (Wildman–Crippen LogP) is 0.894. The van der Waals surface area contributed by atoms with Crippen LogP contribution >= 0.6 is 0 Å². The normalized spacial score (nSPS) is 32.6. The van der Waals surface area contributed by atoms with E-state index < -0.39 is 0 Å². The van der Waals surface area contributed by atoms with Crippen molar-refractivity contribution in [3.05, 3.63) is 0 Å². The van der Waals surface area contributed by atoms with Crippen LogP contribution in [0.2, 0.25) is 0 Å². The van der Waals surface area contributed by atoms with Crippen LogP contribution in [0.1, 0.15) is 32.6 Å². The molecule has 2 N–H and O–H groups in total. The zero-order valence-corrected chi connectivity index (χ0v) is 10.2. The van der Waals surface area contributed by atoms with Crippen LogP contribution in [-0.4, -0.2) is 54.6 Å². The van der Waals surface area contributed by atoms with Gasteiger partial charge in [0.25, 0.3) is 0 Å². The summed E-state index contributed by atoms with van der Waals surface area (Å²) in [5.41, 5.74) is 6.40. The number of hydrogen-bond donors (Lipinski definition) is 1. The molecule has 0 aromatic heterocycles. The summed E-state index contributed by atoms with van der Waals surface area (Å²) in [6.07, 6.45) is 5.01. The molecule has 0 spiro atoms. The third-order valence-electron chi connectivity index (χ3n) is 3.91. The van der Waals surface area contributed by atoms with Gasteiger partial charge in [-0.3, -0.25) is 4.90 Å². The fraction of sp³-hybridized carbons (Fsp3) is 1.00. The van der Waals surface area contributed by atoms with E-state index in [4.69, 9.17) is 5.73 Å². The summed E-state index contributed by atoms with van der Waals surface area (Å²) in [6, 6.07) is 0.721. The summed E-state index contributed by atoms with van der Waals surface area (Å²) in [5, 5.41) is 0. The quantitative estimate of drug-likeness (QED) is 0.752. The highest BCUT2D eigenvalue weighted by Crippen LogP contribution is 2.34. The van der Waals surface area contributed by atoms with E-state index in [1.165, 1.54) is 45.3 Å². The maximum absolute atomic E-state index is 6.22. The number of rotatable bonds is 3. The van der Waals surface area contributed by atoms with Crippen LogP contribution in [0.25, 0.3) is 0 Å². The van der Waals surface area contributed by atoms with Gasteiger partial charge in [0.2, 0.25) is 0 Å². The molecule has 2 fully saturated rings. The van der Waals surface area contributed by atoms with Crippen LogP contribution in [0, 0.1) is 0 Å². The number of nitrogens with two attached hydrogens (primary N) is 1. The lowest BCUT2D eigenvalue weighted by atomic mass is 10.1. The Morgan fingerprint density at radius 2 is 2.07 bits per heavy atom. The molecule has 1 aliphatic heterocycles. The molecule has 1 heterocycles. The highest BCUT2D eigenvalue weighted by atomic mass is 15.2. The van der Waals surface area contributed by atoms with Crippen LogP contribution in [0.5, 0.6) is 0 Å². The lowest BCUT2D eigenvalue weighted by Crippen LogP contribution is -2.46. The Bertz CT molecular complexity index is 213. The second kappa shape index (κ2) is 4.40. The molecule has 2 aliphatic rings. The molecule has 88 valence electrons. The molecule has 2 rings (SSSR count). The molecule has 1 aliphatic carbocycles. The Kier molecular flexibility index (Phi) is 3.33. The van der Waals surface area contributed by atoms with Gasteiger partial charge in [-0.2, -0.15) is 0 Å². The summed E-state index contributed by atoms with van der Waals surface area (Å²) in [5.74, 6) is 0. The fourth-order valence-electron chi connectivity index (χ4n) is 2.61. The van der Waals surface area contributed by atoms with Crippen molar-refractivity contribution < 1.29 is 0 Å². The van der Waals surface area contributed by atoms with Gasteiger partial charge in [-0.25, -0.2) is 0 Å². The predicted molar refractivity (Wildman–Crippen MR) is 63.9 cm³/mol. The first-order chi connectivity index (χ1) is 7.13. The van der Waals surface area contributed by atoms with Crippen molar-refractivity contribution in [2.24, 2.45) is 5.73 Å². The molecular formula is C12H25N3. The minimum absolute atomic E-state index is 0.177. The molecule has 0 aromatic rings. The Morgan fingerprint density at radius 3 is 2.67 bits per heavy atom. The highest BCUT2D eigenvalue weighted by Gasteiger charge is 2.41. The van der Waals surface area contributed by atoms with Crippen molar-refractivity contribution in [3.8, 4) is 0 Å². The van der Waals surface area contributed by atoms with Crippen LogP contribution in [0.3, 0.4) is 0 Å². The first-order valence-electron chi connectivity index (χ1n) is 6.34. The highest BCUT2D eigenvalue weighted by molar-refractivity contribution is 5.02. The molecule has 3 heteroatoms. The summed E-state index contributed by atoms with van der Waals surface area (Å²) >= 11 is 0. The van der Waals surface area contributed by atoms with E-state index in [2.05, 4.69) is 23.8 Å². The van der Waals surface area contributed by atoms with Crippen molar-refractivity contribution in [2.45, 2.75) is 44.2 Å². The molecule has 1 saturated heterocycles. The van der Waals surface area contributed by atoms with E-state index in [-0.39, 0.29) is 5.54 Å². The summed E-state index contributed by atoms with van der Waals surface area (Å²) in [6.45, 7) is 7.12. The molecule has 1 atom stereocenters. The molecule has 1 unspecified atom stereocenters. The third-order valence-corrected chi connectivity index (χ3v) is 3.91. The van der Waals surface area contributed by atoms with Crippen molar-refractivity contribution in [1.29, 1.82) is 0 Å². The third kappa shape index (κ3) is 2.92. The molecule has 1 saturated carbocycles. The molecule has 0 bridgehead atoms. The van der Waals surface area contributed by atoms with Gasteiger partial charge in [0.1, 0.15) is 0 Å². The van der Waals surface area contributed by atoms with Crippen LogP contribution in [0.15, 0.2) is 0 Å². The Hall–Kier alpha value is -0.120. The maximum atomic E-state index is 6.22. The van der Waals surface area contributed by atoms with Crippen LogP contribution in [-0.2, 0) is 0 Å². The SMILES string of the molecule is CCC1CN(C)CCCN1CC1(N)CC1. The van der Waals surface area contributed by atoms with Gasteiger partial charge >= 0.3 is 0 Å². The lowest BCUT2D eigenvalue weighted by Gasteiger charge is -2.32. The molecule has 15 heavy (non-hydrogen) atoms. The van der Waals surface area contributed by atoms with Crippen molar-refractivity contribution >= 4 is 0 Å². The van der Waals surface area contributed by atoms with Gasteiger partial charge in [-0.15, -0.1) is 0 Å². The van der Waals surface area contributed by atoms with Crippen LogP contribution < -0.4 is 5.73 Å². The standard InChI is InChI=1S/C12H25N3/c1-3-11-9-14(2)7-4-8-15(11)10-12(13)5-6-12/h11H,3-10,13H2,1-2H3. The Balaban J connectivity index is 1.94. The monoisotopic (exact) mass is 211 g/mol. The molecular weight excluding hydrogens is 186 g/mol. The average molecular weight is 211 g/mol. The molecule has 0 radical (unpaired) electrons. The van der Waals surface area contributed by atoms with Crippen molar-refractivity contribution in [2.75, 3.05) is 33.2 Å². The smallest absolute Gasteiger partial charge is 0.0284 e. The first kappa shape index (κ1) is 11.4. The zero-order valence-electron chi connectivity index (χ0n) is 10.2. The number of hydrogen-bond acceptors (Lipinski definition) is 3. The van der Waals surface area contributed by atoms with E-state index in [9.17, 15) is 0 Å². The summed E-state index contributed by atoms with van der Waals surface area (Å²) < 4.78 is 0. The lowest BCUT2D eigenvalue weighted by molar-refractivity contribution is 0.169. The number of nitrogens with zero attached hydrogens (tertiary/aromatic N) is 2. The maximum Gasteiger partial charge on any atom is 0.0284 e. The van der Waals surface area contributed by atoms with Gasteiger partial charge in [0.15, 0.2) is 0 Å². The van der Waals surface area contributed by atoms with E-state index in [0.29, 0.717) is 0 Å². The van der Waals surface area contributed by atoms with Gasteiger partial charge < -0.3 is 10.6 Å². The van der Waals surface area contributed by atoms with Gasteiger partial charge in [0.05, 0.1) is 0 Å². The van der Waals surface area contributed by atoms with E-state index in [1.54, 1.807) is 0 Å². The molecule has 0 aromatic carbocycles. The summed E-state index contributed by atoms with van der Waals surface area (Å²) in [4.78, 5) is 5.10. The van der Waals surface area contributed by atoms with Crippen LogP contribution in [0.4, 0.5) is 0 Å². The number of likely N-dealkylation sites (N-methyl/N-ethyl adjacent to an activating group) is 1. The second-order valence-electron chi connectivity index (χ2n) is 5.51. The van der Waals surface area contributed by atoms with E-state index in [0.717, 1.165) is 12.6 Å². The van der Waals surface area contributed by atoms with Crippen molar-refractivity contribution in [1.82, 2.24) is 9.80 Å².